The Hall–Kier alpha value is -0.540. The van der Waals surface area contributed by atoms with Gasteiger partial charge >= 0.3 is 0 Å². The number of hydrogen-bond donors (Lipinski definition) is 2. The van der Waals surface area contributed by atoms with Crippen LogP contribution in [0.3, 0.4) is 0 Å². The molecule has 60 valence electrons. The molecule has 2 nitrogen and oxygen atoms in total. The second-order valence-corrected chi connectivity index (χ2v) is 3.87. The Morgan fingerprint density at radius 3 is 3.09 bits per heavy atom. The van der Waals surface area contributed by atoms with E-state index in [0.717, 1.165) is 11.5 Å². The van der Waals surface area contributed by atoms with Gasteiger partial charge in [-0.3, -0.25) is 0 Å². The number of nitrogens with two attached hydrogens (primary N) is 1. The highest BCUT2D eigenvalue weighted by molar-refractivity contribution is 7.14. The fourth-order valence-corrected chi connectivity index (χ4v) is 2.23. The summed E-state index contributed by atoms with van der Waals surface area (Å²) < 4.78 is 0. The lowest BCUT2D eigenvalue weighted by atomic mass is 10.1. The van der Waals surface area contributed by atoms with Crippen molar-refractivity contribution in [1.29, 1.82) is 0 Å². The molecule has 3 N–H and O–H groups in total. The van der Waals surface area contributed by atoms with E-state index in [9.17, 15) is 0 Å². The van der Waals surface area contributed by atoms with Crippen LogP contribution in [0.15, 0.2) is 11.4 Å². The van der Waals surface area contributed by atoms with Gasteiger partial charge in [0.1, 0.15) is 0 Å². The van der Waals surface area contributed by atoms with Crippen molar-refractivity contribution in [2.75, 3.05) is 12.3 Å². The highest BCUT2D eigenvalue weighted by Gasteiger charge is 2.16. The second kappa shape index (κ2) is 2.83. The Balaban J connectivity index is 2.15. The molecular weight excluding hydrogens is 156 g/mol. The number of hydrogen-bond acceptors (Lipinski definition) is 3. The summed E-state index contributed by atoms with van der Waals surface area (Å²) in [5.41, 5.74) is 7.00. The molecular formula is C8H12N2S. The average molecular weight is 168 g/mol. The molecule has 1 aliphatic rings. The van der Waals surface area contributed by atoms with E-state index in [1.165, 1.54) is 18.4 Å². The predicted molar refractivity (Wildman–Crippen MR) is 48.7 cm³/mol. The number of nitrogens with one attached hydrogen (secondary N) is 1. The number of anilines is 1. The lowest BCUT2D eigenvalue weighted by Crippen LogP contribution is -2.11. The summed E-state index contributed by atoms with van der Waals surface area (Å²) in [6.07, 6.45) is 2.55. The van der Waals surface area contributed by atoms with Crippen molar-refractivity contribution >= 4 is 16.3 Å². The lowest BCUT2D eigenvalue weighted by Gasteiger charge is -2.05. The van der Waals surface area contributed by atoms with Gasteiger partial charge in [-0.1, -0.05) is 0 Å². The second-order valence-electron chi connectivity index (χ2n) is 2.93. The summed E-state index contributed by atoms with van der Waals surface area (Å²) in [4.78, 5) is 0. The zero-order chi connectivity index (χ0) is 7.68. The summed E-state index contributed by atoms with van der Waals surface area (Å²) in [5.74, 6) is 0. The summed E-state index contributed by atoms with van der Waals surface area (Å²) >= 11 is 1.63. The molecule has 1 unspecified atom stereocenters. The number of thiophene rings is 1. The van der Waals surface area contributed by atoms with Crippen molar-refractivity contribution in [1.82, 2.24) is 5.32 Å². The molecule has 2 rings (SSSR count). The summed E-state index contributed by atoms with van der Waals surface area (Å²) in [7, 11) is 0. The van der Waals surface area contributed by atoms with Gasteiger partial charge in [0, 0.05) is 6.04 Å². The van der Waals surface area contributed by atoms with Crippen molar-refractivity contribution in [3.05, 3.63) is 17.0 Å². The zero-order valence-corrected chi connectivity index (χ0v) is 7.16. The molecule has 0 spiro atoms. The van der Waals surface area contributed by atoms with Gasteiger partial charge < -0.3 is 11.1 Å². The molecule has 11 heavy (non-hydrogen) atoms. The first kappa shape index (κ1) is 7.13. The van der Waals surface area contributed by atoms with Crippen LogP contribution in [-0.2, 0) is 0 Å². The van der Waals surface area contributed by atoms with Crippen LogP contribution in [0.1, 0.15) is 24.4 Å². The molecule has 2 heterocycles. The highest BCUT2D eigenvalue weighted by atomic mass is 32.1. The first-order valence-corrected chi connectivity index (χ1v) is 4.81. The van der Waals surface area contributed by atoms with Crippen LogP contribution in [0.2, 0.25) is 0 Å². The van der Waals surface area contributed by atoms with Crippen molar-refractivity contribution in [2.45, 2.75) is 18.9 Å². The molecule has 1 saturated heterocycles. The highest BCUT2D eigenvalue weighted by Crippen LogP contribution is 2.27. The first-order valence-electron chi connectivity index (χ1n) is 3.93. The van der Waals surface area contributed by atoms with Gasteiger partial charge in [-0.15, -0.1) is 11.3 Å². The van der Waals surface area contributed by atoms with E-state index < -0.39 is 0 Å². The van der Waals surface area contributed by atoms with Gasteiger partial charge in [0.15, 0.2) is 0 Å². The number of nitrogen functional groups attached to an aromatic ring is 1. The Kier molecular flexibility index (Phi) is 1.84. The van der Waals surface area contributed by atoms with E-state index in [1.54, 1.807) is 11.3 Å². The molecule has 0 radical (unpaired) electrons. The van der Waals surface area contributed by atoms with Crippen LogP contribution >= 0.6 is 11.3 Å². The van der Waals surface area contributed by atoms with Crippen LogP contribution in [0.5, 0.6) is 0 Å². The third-order valence-electron chi connectivity index (χ3n) is 2.10. The van der Waals surface area contributed by atoms with Gasteiger partial charge in [-0.05, 0) is 36.4 Å². The smallest absolute Gasteiger partial charge is 0.0859 e. The topological polar surface area (TPSA) is 38.0 Å². The van der Waals surface area contributed by atoms with Crippen LogP contribution in [-0.4, -0.2) is 6.54 Å². The monoisotopic (exact) mass is 168 g/mol. The third-order valence-corrected chi connectivity index (χ3v) is 2.88. The van der Waals surface area contributed by atoms with E-state index in [-0.39, 0.29) is 0 Å². The average Bonchev–Trinajstić information content (AvgIpc) is 2.55. The normalized spacial score (nSPS) is 24.2. The van der Waals surface area contributed by atoms with Gasteiger partial charge in [-0.2, -0.15) is 0 Å². The molecule has 0 bridgehead atoms. The standard InChI is InChI=1S/C8H12N2S/c9-8-4-6(5-11-8)7-2-1-3-10-7/h4-5,7,10H,1-3,9H2. The summed E-state index contributed by atoms with van der Waals surface area (Å²) in [6.45, 7) is 1.15. The van der Waals surface area contributed by atoms with Crippen LogP contribution in [0, 0.1) is 0 Å². The maximum Gasteiger partial charge on any atom is 0.0859 e. The molecule has 1 fully saturated rings. The molecule has 1 aromatic rings. The summed E-state index contributed by atoms with van der Waals surface area (Å²) in [5, 5.41) is 6.51. The quantitative estimate of drug-likeness (QED) is 0.670. The minimum atomic E-state index is 0.573. The van der Waals surface area contributed by atoms with E-state index in [1.807, 2.05) is 0 Å². The van der Waals surface area contributed by atoms with Crippen LogP contribution in [0.25, 0.3) is 0 Å². The maximum atomic E-state index is 5.64. The van der Waals surface area contributed by atoms with E-state index in [0.29, 0.717) is 6.04 Å². The molecule has 1 aliphatic heterocycles. The van der Waals surface area contributed by atoms with Crippen molar-refractivity contribution < 1.29 is 0 Å². The fourth-order valence-electron chi connectivity index (χ4n) is 1.52. The molecule has 3 heteroatoms. The predicted octanol–water partition coefficient (Wildman–Crippen LogP) is 1.75. The Labute approximate surface area is 70.4 Å². The van der Waals surface area contributed by atoms with Crippen molar-refractivity contribution in [3.63, 3.8) is 0 Å². The van der Waals surface area contributed by atoms with Crippen molar-refractivity contribution in [3.8, 4) is 0 Å². The minimum Gasteiger partial charge on any atom is -0.391 e. The summed E-state index contributed by atoms with van der Waals surface area (Å²) in [6, 6.07) is 2.65. The maximum absolute atomic E-state index is 5.64. The number of rotatable bonds is 1. The van der Waals surface area contributed by atoms with Crippen molar-refractivity contribution in [2.24, 2.45) is 0 Å². The van der Waals surface area contributed by atoms with Gasteiger partial charge in [-0.25, -0.2) is 0 Å². The van der Waals surface area contributed by atoms with Crippen LogP contribution in [0.4, 0.5) is 5.00 Å². The van der Waals surface area contributed by atoms with Gasteiger partial charge in [0.2, 0.25) is 0 Å². The SMILES string of the molecule is Nc1cc(C2CCCN2)cs1. The van der Waals surface area contributed by atoms with E-state index in [4.69, 9.17) is 5.73 Å². The largest absolute Gasteiger partial charge is 0.391 e. The zero-order valence-electron chi connectivity index (χ0n) is 6.34. The Morgan fingerprint density at radius 2 is 2.55 bits per heavy atom. The van der Waals surface area contributed by atoms with Gasteiger partial charge in [0.05, 0.1) is 5.00 Å². The Bertz CT molecular complexity index is 238. The molecule has 0 saturated carbocycles. The first-order chi connectivity index (χ1) is 5.36. The lowest BCUT2D eigenvalue weighted by molar-refractivity contribution is 0.650. The Morgan fingerprint density at radius 1 is 1.64 bits per heavy atom. The van der Waals surface area contributed by atoms with Gasteiger partial charge in [0.25, 0.3) is 0 Å². The fraction of sp³-hybridized carbons (Fsp3) is 0.500. The molecule has 1 aromatic heterocycles. The third kappa shape index (κ3) is 1.39. The molecule has 0 aliphatic carbocycles. The van der Waals surface area contributed by atoms with E-state index in [2.05, 4.69) is 16.8 Å². The van der Waals surface area contributed by atoms with E-state index >= 15 is 0 Å². The molecule has 1 atom stereocenters. The van der Waals surface area contributed by atoms with Crippen LogP contribution < -0.4 is 11.1 Å². The molecule has 0 amide bonds. The molecule has 0 aromatic carbocycles. The minimum absolute atomic E-state index is 0.573.